The number of fused-ring (bicyclic) bond motifs is 1. The number of aldehydes is 1. The number of nitrogens with zero attached hydrogens (tertiary/aromatic N) is 1. The fraction of sp³-hybridized carbons (Fsp3) is 0.0625. The van der Waals surface area contributed by atoms with Crippen molar-refractivity contribution < 1.29 is 13.6 Å². The minimum Gasteiger partial charge on any atom is -0.343 e. The van der Waals surface area contributed by atoms with Gasteiger partial charge in [0.2, 0.25) is 0 Å². The van der Waals surface area contributed by atoms with Crippen molar-refractivity contribution in [2.45, 2.75) is 6.54 Å². The second kappa shape index (κ2) is 4.89. The van der Waals surface area contributed by atoms with Crippen LogP contribution in [-0.4, -0.2) is 10.9 Å². The summed E-state index contributed by atoms with van der Waals surface area (Å²) in [5.74, 6) is -0.820. The Morgan fingerprint density at radius 3 is 2.50 bits per heavy atom. The normalized spacial score (nSPS) is 10.9. The van der Waals surface area contributed by atoms with Gasteiger partial charge in [-0.2, -0.15) is 0 Å². The second-order valence-corrected chi connectivity index (χ2v) is 4.62. The molecule has 0 aliphatic heterocycles. The highest BCUT2D eigenvalue weighted by atomic mass is 19.1. The molecule has 0 fully saturated rings. The molecule has 0 saturated heterocycles. The number of carbonyl (C=O) groups excluding carboxylic acids is 1. The van der Waals surface area contributed by atoms with Crippen molar-refractivity contribution in [2.24, 2.45) is 0 Å². The maximum absolute atomic E-state index is 13.7. The first kappa shape index (κ1) is 12.5. The maximum atomic E-state index is 13.7. The molecule has 4 heteroatoms. The lowest BCUT2D eigenvalue weighted by molar-refractivity contribution is 0.112. The van der Waals surface area contributed by atoms with E-state index in [1.807, 2.05) is 16.8 Å². The summed E-state index contributed by atoms with van der Waals surface area (Å²) >= 11 is 0. The van der Waals surface area contributed by atoms with Gasteiger partial charge < -0.3 is 4.57 Å². The third-order valence-corrected chi connectivity index (χ3v) is 3.28. The molecule has 2 aromatic carbocycles. The van der Waals surface area contributed by atoms with Crippen LogP contribution in [0, 0.1) is 11.6 Å². The molecule has 1 heterocycles. The molecule has 0 radical (unpaired) electrons. The lowest BCUT2D eigenvalue weighted by atomic mass is 10.1. The van der Waals surface area contributed by atoms with Gasteiger partial charge >= 0.3 is 0 Å². The molecule has 0 aliphatic carbocycles. The molecule has 0 unspecified atom stereocenters. The fourth-order valence-corrected chi connectivity index (χ4v) is 2.24. The van der Waals surface area contributed by atoms with Gasteiger partial charge in [-0.05, 0) is 35.9 Å². The van der Waals surface area contributed by atoms with E-state index >= 15 is 0 Å². The van der Waals surface area contributed by atoms with Crippen molar-refractivity contribution in [2.75, 3.05) is 0 Å². The van der Waals surface area contributed by atoms with Crippen LogP contribution in [0.15, 0.2) is 48.7 Å². The Morgan fingerprint density at radius 1 is 1.05 bits per heavy atom. The summed E-state index contributed by atoms with van der Waals surface area (Å²) in [5, 5.41) is 0.801. The van der Waals surface area contributed by atoms with Crippen LogP contribution in [0.1, 0.15) is 15.9 Å². The van der Waals surface area contributed by atoms with Crippen molar-refractivity contribution in [3.63, 3.8) is 0 Å². The highest BCUT2D eigenvalue weighted by Crippen LogP contribution is 2.21. The van der Waals surface area contributed by atoms with Gasteiger partial charge in [0.05, 0.1) is 11.1 Å². The van der Waals surface area contributed by atoms with Crippen molar-refractivity contribution in [3.05, 3.63) is 71.4 Å². The topological polar surface area (TPSA) is 22.0 Å². The Balaban J connectivity index is 2.02. The minimum absolute atomic E-state index is 0.0528. The summed E-state index contributed by atoms with van der Waals surface area (Å²) in [4.78, 5) is 10.7. The quantitative estimate of drug-likeness (QED) is 0.664. The van der Waals surface area contributed by atoms with Crippen LogP contribution in [0.4, 0.5) is 8.78 Å². The van der Waals surface area contributed by atoms with Crippen molar-refractivity contribution in [1.29, 1.82) is 0 Å². The second-order valence-electron chi connectivity index (χ2n) is 4.62. The summed E-state index contributed by atoms with van der Waals surface area (Å²) in [6.45, 7) is 0.518. The first-order chi connectivity index (χ1) is 9.67. The number of hydrogen-bond donors (Lipinski definition) is 0. The van der Waals surface area contributed by atoms with E-state index in [0.717, 1.165) is 10.9 Å². The predicted octanol–water partition coefficient (Wildman–Crippen LogP) is 3.78. The molecule has 100 valence electrons. The molecular weight excluding hydrogens is 260 g/mol. The van der Waals surface area contributed by atoms with Crippen LogP contribution in [0.25, 0.3) is 10.9 Å². The van der Waals surface area contributed by atoms with Gasteiger partial charge in [0.1, 0.15) is 11.6 Å². The molecular formula is C16H11F2NO. The van der Waals surface area contributed by atoms with E-state index in [9.17, 15) is 13.6 Å². The van der Waals surface area contributed by atoms with E-state index in [4.69, 9.17) is 0 Å². The minimum atomic E-state index is -0.536. The highest BCUT2D eigenvalue weighted by molar-refractivity contribution is 5.88. The lowest BCUT2D eigenvalue weighted by Gasteiger charge is -2.06. The van der Waals surface area contributed by atoms with Crippen molar-refractivity contribution in [1.82, 2.24) is 4.57 Å². The molecule has 2 nitrogen and oxygen atoms in total. The van der Waals surface area contributed by atoms with Gasteiger partial charge in [-0.1, -0.05) is 12.1 Å². The summed E-state index contributed by atoms with van der Waals surface area (Å²) in [6.07, 6.45) is 2.33. The van der Waals surface area contributed by atoms with E-state index in [1.165, 1.54) is 24.3 Å². The summed E-state index contributed by atoms with van der Waals surface area (Å²) in [7, 11) is 0. The molecule has 3 rings (SSSR count). The lowest BCUT2D eigenvalue weighted by Crippen LogP contribution is -1.98. The standard InChI is InChI=1S/C16H11F2NO/c17-14-3-1-11(2-4-14)9-19-6-5-12-7-13(10-20)15(18)8-16(12)19/h1-8,10H,9H2. The van der Waals surface area contributed by atoms with Crippen LogP contribution in [0.3, 0.4) is 0 Å². The molecule has 20 heavy (non-hydrogen) atoms. The molecule has 0 amide bonds. The Labute approximate surface area is 114 Å². The fourth-order valence-electron chi connectivity index (χ4n) is 2.24. The molecule has 0 saturated carbocycles. The van der Waals surface area contributed by atoms with Gasteiger partial charge in [0.25, 0.3) is 0 Å². The van der Waals surface area contributed by atoms with E-state index < -0.39 is 5.82 Å². The van der Waals surface area contributed by atoms with Crippen LogP contribution in [-0.2, 0) is 6.54 Å². The van der Waals surface area contributed by atoms with E-state index in [2.05, 4.69) is 0 Å². The third-order valence-electron chi connectivity index (χ3n) is 3.28. The number of aromatic nitrogens is 1. The van der Waals surface area contributed by atoms with E-state index in [1.54, 1.807) is 12.1 Å². The van der Waals surface area contributed by atoms with E-state index in [-0.39, 0.29) is 11.4 Å². The zero-order valence-electron chi connectivity index (χ0n) is 10.5. The number of rotatable bonds is 3. The molecule has 1 aromatic heterocycles. The van der Waals surface area contributed by atoms with Gasteiger partial charge in [0.15, 0.2) is 6.29 Å². The summed E-state index contributed by atoms with van der Waals surface area (Å²) < 4.78 is 28.4. The van der Waals surface area contributed by atoms with Crippen LogP contribution < -0.4 is 0 Å². The first-order valence-corrected chi connectivity index (χ1v) is 6.15. The Bertz CT molecular complexity index is 775. The van der Waals surface area contributed by atoms with Crippen LogP contribution >= 0.6 is 0 Å². The van der Waals surface area contributed by atoms with Crippen LogP contribution in [0.2, 0.25) is 0 Å². The smallest absolute Gasteiger partial charge is 0.153 e. The summed E-state index contributed by atoms with van der Waals surface area (Å²) in [6, 6.07) is 10.9. The number of halogens is 2. The zero-order chi connectivity index (χ0) is 14.1. The summed E-state index contributed by atoms with van der Waals surface area (Å²) in [5.41, 5.74) is 1.68. The van der Waals surface area contributed by atoms with Gasteiger partial charge in [-0.25, -0.2) is 8.78 Å². The van der Waals surface area contributed by atoms with Gasteiger partial charge in [0, 0.05) is 18.1 Å². The SMILES string of the molecule is O=Cc1cc2ccn(Cc3ccc(F)cc3)c2cc1F. The zero-order valence-corrected chi connectivity index (χ0v) is 10.5. The largest absolute Gasteiger partial charge is 0.343 e. The average molecular weight is 271 g/mol. The Kier molecular flexibility index (Phi) is 3.06. The molecule has 0 aliphatic rings. The molecule has 0 atom stereocenters. The predicted molar refractivity (Wildman–Crippen MR) is 72.8 cm³/mol. The van der Waals surface area contributed by atoms with Crippen molar-refractivity contribution in [3.8, 4) is 0 Å². The molecule has 0 spiro atoms. The van der Waals surface area contributed by atoms with Crippen molar-refractivity contribution >= 4 is 17.2 Å². The van der Waals surface area contributed by atoms with Gasteiger partial charge in [-0.3, -0.25) is 4.79 Å². The molecule has 0 bridgehead atoms. The third kappa shape index (κ3) is 2.20. The number of hydrogen-bond acceptors (Lipinski definition) is 1. The van der Waals surface area contributed by atoms with E-state index in [0.29, 0.717) is 18.3 Å². The first-order valence-electron chi connectivity index (χ1n) is 6.15. The Morgan fingerprint density at radius 2 is 1.80 bits per heavy atom. The number of carbonyl (C=O) groups is 1. The molecule has 0 N–H and O–H groups in total. The van der Waals surface area contributed by atoms with Crippen LogP contribution in [0.5, 0.6) is 0 Å². The van der Waals surface area contributed by atoms with Gasteiger partial charge in [-0.15, -0.1) is 0 Å². The maximum Gasteiger partial charge on any atom is 0.153 e. The Hall–Kier alpha value is -2.49. The molecule has 3 aromatic rings. The average Bonchev–Trinajstić information content (AvgIpc) is 2.83. The number of benzene rings is 2. The monoisotopic (exact) mass is 271 g/mol. The highest BCUT2D eigenvalue weighted by Gasteiger charge is 2.08.